The Hall–Kier alpha value is -2.48. The third kappa shape index (κ3) is 3.09. The van der Waals surface area contributed by atoms with Gasteiger partial charge >= 0.3 is 5.69 Å². The highest BCUT2D eigenvalue weighted by Crippen LogP contribution is 2.20. The highest BCUT2D eigenvalue weighted by molar-refractivity contribution is 5.58. The Kier molecular flexibility index (Phi) is 4.26. The fourth-order valence-electron chi connectivity index (χ4n) is 1.75. The predicted molar refractivity (Wildman–Crippen MR) is 72.6 cm³/mol. The molecule has 0 aliphatic carbocycles. The molecule has 0 unspecified atom stereocenters. The van der Waals surface area contributed by atoms with Crippen LogP contribution in [0.3, 0.4) is 0 Å². The highest BCUT2D eigenvalue weighted by Gasteiger charge is 2.14. The Labute approximate surface area is 113 Å². The van der Waals surface area contributed by atoms with E-state index in [4.69, 9.17) is 5.73 Å². The lowest BCUT2D eigenvalue weighted by molar-refractivity contribution is 0.627. The first-order valence-electron chi connectivity index (χ1n) is 6.04. The Morgan fingerprint density at radius 1 is 1.25 bits per heavy atom. The number of halogens is 1. The van der Waals surface area contributed by atoms with Gasteiger partial charge in [0.2, 0.25) is 5.82 Å². The monoisotopic (exact) mass is 279 g/mol. The number of aromatic amines is 2. The molecule has 7 nitrogen and oxygen atoms in total. The summed E-state index contributed by atoms with van der Waals surface area (Å²) < 4.78 is 13.0. The average molecular weight is 279 g/mol. The normalized spacial score (nSPS) is 10.5. The molecule has 0 bridgehead atoms. The number of nitrogens with two attached hydrogens (primary N) is 1. The van der Waals surface area contributed by atoms with Gasteiger partial charge in [-0.2, -0.15) is 0 Å². The van der Waals surface area contributed by atoms with Crippen LogP contribution < -0.4 is 21.9 Å². The van der Waals surface area contributed by atoms with Crippen LogP contribution in [0.2, 0.25) is 0 Å². The molecule has 0 saturated carbocycles. The number of anilines is 2. The summed E-state index contributed by atoms with van der Waals surface area (Å²) in [5.41, 5.74) is 4.76. The quantitative estimate of drug-likeness (QED) is 0.718. The van der Waals surface area contributed by atoms with E-state index in [0.29, 0.717) is 25.2 Å². The van der Waals surface area contributed by atoms with Crippen LogP contribution in [0.5, 0.6) is 0 Å². The third-order valence-corrected chi connectivity index (χ3v) is 2.67. The average Bonchev–Trinajstić information content (AvgIpc) is 2.42. The van der Waals surface area contributed by atoms with E-state index in [-0.39, 0.29) is 11.6 Å². The molecule has 2 rings (SSSR count). The Morgan fingerprint density at radius 2 is 1.95 bits per heavy atom. The highest BCUT2D eigenvalue weighted by atomic mass is 19.1. The van der Waals surface area contributed by atoms with E-state index in [0.717, 1.165) is 0 Å². The fourth-order valence-corrected chi connectivity index (χ4v) is 1.75. The van der Waals surface area contributed by atoms with Gasteiger partial charge in [0.1, 0.15) is 5.82 Å². The molecule has 0 amide bonds. The maximum atomic E-state index is 13.0. The van der Waals surface area contributed by atoms with Crippen molar-refractivity contribution in [2.24, 2.45) is 5.73 Å². The molecule has 0 radical (unpaired) electrons. The maximum Gasteiger partial charge on any atom is 0.342 e. The van der Waals surface area contributed by atoms with Crippen molar-refractivity contribution in [3.05, 3.63) is 50.9 Å². The second-order valence-electron chi connectivity index (χ2n) is 4.10. The molecule has 2 aromatic rings. The third-order valence-electron chi connectivity index (χ3n) is 2.67. The second-order valence-corrected chi connectivity index (χ2v) is 4.10. The van der Waals surface area contributed by atoms with Crippen molar-refractivity contribution >= 4 is 11.5 Å². The molecule has 0 fully saturated rings. The second kappa shape index (κ2) is 6.11. The summed E-state index contributed by atoms with van der Waals surface area (Å²) >= 11 is 0. The molecule has 0 aliphatic rings. The molecular formula is C12H14FN5O2. The molecule has 0 aliphatic heterocycles. The summed E-state index contributed by atoms with van der Waals surface area (Å²) in [4.78, 5) is 26.5. The lowest BCUT2D eigenvalue weighted by atomic mass is 10.2. The number of nitrogens with one attached hydrogen (secondary N) is 2. The first-order valence-corrected chi connectivity index (χ1v) is 6.04. The largest absolute Gasteiger partial charge is 0.342 e. The van der Waals surface area contributed by atoms with E-state index >= 15 is 0 Å². The first kappa shape index (κ1) is 13.9. The Balaban J connectivity index is 2.43. The van der Waals surface area contributed by atoms with E-state index in [1.54, 1.807) is 4.90 Å². The van der Waals surface area contributed by atoms with Crippen molar-refractivity contribution in [1.29, 1.82) is 0 Å². The van der Waals surface area contributed by atoms with Crippen molar-refractivity contribution in [3.63, 3.8) is 0 Å². The minimum Gasteiger partial charge on any atom is -0.330 e. The summed E-state index contributed by atoms with van der Waals surface area (Å²) in [6.07, 6.45) is 0.609. The number of H-pyrrole nitrogens is 2. The van der Waals surface area contributed by atoms with Gasteiger partial charge in [-0.3, -0.25) is 9.78 Å². The van der Waals surface area contributed by atoms with E-state index < -0.39 is 11.2 Å². The summed E-state index contributed by atoms with van der Waals surface area (Å²) in [6.45, 7) is 0.850. The summed E-state index contributed by atoms with van der Waals surface area (Å²) in [7, 11) is 0. The van der Waals surface area contributed by atoms with Gasteiger partial charge in [0, 0.05) is 12.2 Å². The van der Waals surface area contributed by atoms with E-state index in [2.05, 4.69) is 15.2 Å². The van der Waals surface area contributed by atoms with Gasteiger partial charge in [-0.25, -0.2) is 14.3 Å². The zero-order valence-electron chi connectivity index (χ0n) is 10.6. The van der Waals surface area contributed by atoms with Crippen molar-refractivity contribution in [1.82, 2.24) is 15.2 Å². The zero-order valence-corrected chi connectivity index (χ0v) is 10.6. The van der Waals surface area contributed by atoms with Crippen LogP contribution in [0.25, 0.3) is 0 Å². The number of nitrogens with zero attached hydrogens (tertiary/aromatic N) is 2. The van der Waals surface area contributed by atoms with Gasteiger partial charge in [0.05, 0.1) is 0 Å². The van der Waals surface area contributed by atoms with E-state index in [9.17, 15) is 14.0 Å². The van der Waals surface area contributed by atoms with Crippen LogP contribution in [-0.2, 0) is 0 Å². The van der Waals surface area contributed by atoms with Gasteiger partial charge in [-0.15, -0.1) is 5.10 Å². The summed E-state index contributed by atoms with van der Waals surface area (Å²) in [6, 6.07) is 5.62. The van der Waals surface area contributed by atoms with Crippen molar-refractivity contribution < 1.29 is 4.39 Å². The Morgan fingerprint density at radius 3 is 2.55 bits per heavy atom. The molecule has 1 heterocycles. The molecule has 1 aromatic heterocycles. The van der Waals surface area contributed by atoms with Crippen LogP contribution in [0.4, 0.5) is 15.9 Å². The van der Waals surface area contributed by atoms with Crippen LogP contribution in [0.1, 0.15) is 6.42 Å². The van der Waals surface area contributed by atoms with Crippen LogP contribution in [-0.4, -0.2) is 28.3 Å². The molecule has 106 valence electrons. The molecule has 8 heteroatoms. The standard InChI is InChI=1S/C12H14FN5O2/c13-8-2-4-9(5-3-8)18(7-1-6-14)10-11(19)15-12(20)17-16-10/h2-5H,1,6-7,14H2,(H2,15,17,19,20). The smallest absolute Gasteiger partial charge is 0.330 e. The van der Waals surface area contributed by atoms with Gasteiger partial charge in [-0.05, 0) is 37.2 Å². The lowest BCUT2D eigenvalue weighted by Gasteiger charge is -2.22. The molecule has 0 atom stereocenters. The zero-order chi connectivity index (χ0) is 14.5. The molecule has 1 aromatic carbocycles. The van der Waals surface area contributed by atoms with Crippen LogP contribution in [0.15, 0.2) is 33.9 Å². The van der Waals surface area contributed by atoms with Crippen molar-refractivity contribution in [2.45, 2.75) is 6.42 Å². The SMILES string of the molecule is NCCCN(c1ccc(F)cc1)c1n[nH]c(=O)[nH]c1=O. The van der Waals surface area contributed by atoms with Crippen LogP contribution >= 0.6 is 0 Å². The topological polar surface area (TPSA) is 108 Å². The minimum atomic E-state index is -0.684. The van der Waals surface area contributed by atoms with Gasteiger partial charge in [0.15, 0.2) is 0 Å². The number of benzene rings is 1. The molecule has 20 heavy (non-hydrogen) atoms. The van der Waals surface area contributed by atoms with E-state index in [1.807, 2.05) is 0 Å². The van der Waals surface area contributed by atoms with E-state index in [1.165, 1.54) is 24.3 Å². The minimum absolute atomic E-state index is 0.0321. The van der Waals surface area contributed by atoms with Gasteiger partial charge in [-0.1, -0.05) is 0 Å². The summed E-state index contributed by atoms with van der Waals surface area (Å²) in [5.74, 6) is -0.347. The molecule has 4 N–H and O–H groups in total. The number of aromatic nitrogens is 3. The number of hydrogen-bond acceptors (Lipinski definition) is 5. The number of rotatable bonds is 5. The van der Waals surface area contributed by atoms with Crippen molar-refractivity contribution in [3.8, 4) is 0 Å². The molecular weight excluding hydrogens is 265 g/mol. The van der Waals surface area contributed by atoms with Gasteiger partial charge < -0.3 is 10.6 Å². The molecule has 0 spiro atoms. The molecule has 0 saturated heterocycles. The predicted octanol–water partition coefficient (Wildman–Crippen LogP) is 0.0842. The van der Waals surface area contributed by atoms with Crippen LogP contribution in [0, 0.1) is 5.82 Å². The maximum absolute atomic E-state index is 13.0. The summed E-state index contributed by atoms with van der Waals surface area (Å²) in [5, 5.41) is 5.91. The van der Waals surface area contributed by atoms with Crippen molar-refractivity contribution in [2.75, 3.05) is 18.0 Å². The Bertz CT molecular complexity index is 679. The first-order chi connectivity index (χ1) is 9.61. The fraction of sp³-hybridized carbons (Fsp3) is 0.250. The number of hydrogen-bond donors (Lipinski definition) is 3. The lowest BCUT2D eigenvalue weighted by Crippen LogP contribution is -2.33. The van der Waals surface area contributed by atoms with Gasteiger partial charge in [0.25, 0.3) is 5.56 Å².